The molecular formula is C15H24N6. The van der Waals surface area contributed by atoms with Crippen LogP contribution in [0.1, 0.15) is 36.5 Å². The summed E-state index contributed by atoms with van der Waals surface area (Å²) in [4.78, 5) is 6.98. The van der Waals surface area contributed by atoms with Crippen LogP contribution >= 0.6 is 0 Å². The fraction of sp³-hybridized carbons (Fsp3) is 0.667. The van der Waals surface area contributed by atoms with Gasteiger partial charge in [0.25, 0.3) is 0 Å². The van der Waals surface area contributed by atoms with E-state index in [0.29, 0.717) is 6.04 Å². The normalized spacial score (nSPS) is 20.0. The molecule has 3 rings (SSSR count). The fourth-order valence-corrected chi connectivity index (χ4v) is 3.20. The van der Waals surface area contributed by atoms with Crippen LogP contribution in [0.3, 0.4) is 0 Å². The van der Waals surface area contributed by atoms with E-state index in [-0.39, 0.29) is 0 Å². The SMILES string of the molecule is Cc1nc(C)n(C[C@@H]2CCCCN2Cc2cnn(C)c2)n1. The molecule has 0 saturated carbocycles. The Morgan fingerprint density at radius 1 is 1.29 bits per heavy atom. The fourth-order valence-electron chi connectivity index (χ4n) is 3.20. The standard InChI is InChI=1S/C15H24N6/c1-12-17-13(2)21(18-12)11-15-6-4-5-7-20(15)10-14-8-16-19(3)9-14/h8-9,15H,4-7,10-11H2,1-3H3/t15-/m0/s1. The zero-order valence-electron chi connectivity index (χ0n) is 13.2. The quantitative estimate of drug-likeness (QED) is 0.859. The smallest absolute Gasteiger partial charge is 0.147 e. The molecule has 2 aromatic rings. The molecule has 114 valence electrons. The van der Waals surface area contributed by atoms with Gasteiger partial charge in [0.2, 0.25) is 0 Å². The van der Waals surface area contributed by atoms with Crippen molar-refractivity contribution in [3.63, 3.8) is 0 Å². The van der Waals surface area contributed by atoms with E-state index in [1.807, 2.05) is 31.8 Å². The van der Waals surface area contributed by atoms with E-state index in [2.05, 4.69) is 31.0 Å². The van der Waals surface area contributed by atoms with Crippen molar-refractivity contribution < 1.29 is 0 Å². The highest BCUT2D eigenvalue weighted by atomic mass is 15.4. The summed E-state index contributed by atoms with van der Waals surface area (Å²) >= 11 is 0. The summed E-state index contributed by atoms with van der Waals surface area (Å²) in [6, 6.07) is 0.541. The topological polar surface area (TPSA) is 51.8 Å². The molecular weight excluding hydrogens is 264 g/mol. The van der Waals surface area contributed by atoms with Gasteiger partial charge in [0.05, 0.1) is 12.7 Å². The minimum absolute atomic E-state index is 0.541. The van der Waals surface area contributed by atoms with Crippen LogP contribution in [0.4, 0.5) is 0 Å². The average molecular weight is 288 g/mol. The highest BCUT2D eigenvalue weighted by Gasteiger charge is 2.24. The molecule has 1 aliphatic rings. The summed E-state index contributed by atoms with van der Waals surface area (Å²) in [5.41, 5.74) is 1.29. The van der Waals surface area contributed by atoms with E-state index < -0.39 is 0 Å². The van der Waals surface area contributed by atoms with Gasteiger partial charge in [-0.15, -0.1) is 0 Å². The number of hydrogen-bond donors (Lipinski definition) is 0. The zero-order valence-corrected chi connectivity index (χ0v) is 13.2. The number of aryl methyl sites for hydroxylation is 3. The lowest BCUT2D eigenvalue weighted by molar-refractivity contribution is 0.121. The predicted molar refractivity (Wildman–Crippen MR) is 80.8 cm³/mol. The van der Waals surface area contributed by atoms with Gasteiger partial charge < -0.3 is 0 Å². The van der Waals surface area contributed by atoms with Gasteiger partial charge in [0.1, 0.15) is 11.6 Å². The second kappa shape index (κ2) is 5.97. The number of piperidine rings is 1. The molecule has 0 N–H and O–H groups in total. The Bertz CT molecular complexity index is 599. The average Bonchev–Trinajstić information content (AvgIpc) is 2.98. The minimum Gasteiger partial charge on any atom is -0.294 e. The van der Waals surface area contributed by atoms with Crippen LogP contribution in [-0.2, 0) is 20.1 Å². The Hall–Kier alpha value is -1.69. The van der Waals surface area contributed by atoms with Crippen LogP contribution in [0.15, 0.2) is 12.4 Å². The maximum absolute atomic E-state index is 4.51. The first-order valence-corrected chi connectivity index (χ1v) is 7.71. The van der Waals surface area contributed by atoms with E-state index in [9.17, 15) is 0 Å². The molecule has 1 saturated heterocycles. The van der Waals surface area contributed by atoms with E-state index in [1.54, 1.807) is 0 Å². The molecule has 0 amide bonds. The number of likely N-dealkylation sites (tertiary alicyclic amines) is 1. The summed E-state index contributed by atoms with van der Waals surface area (Å²) in [5, 5.41) is 8.78. The van der Waals surface area contributed by atoms with Crippen LogP contribution < -0.4 is 0 Å². The maximum Gasteiger partial charge on any atom is 0.147 e. The van der Waals surface area contributed by atoms with Gasteiger partial charge in [-0.3, -0.25) is 9.58 Å². The van der Waals surface area contributed by atoms with Gasteiger partial charge >= 0.3 is 0 Å². The van der Waals surface area contributed by atoms with Gasteiger partial charge in [-0.05, 0) is 33.2 Å². The predicted octanol–water partition coefficient (Wildman–Crippen LogP) is 1.68. The molecule has 6 nitrogen and oxygen atoms in total. The van der Waals surface area contributed by atoms with Crippen LogP contribution in [-0.4, -0.2) is 42.0 Å². The zero-order chi connectivity index (χ0) is 14.8. The molecule has 0 unspecified atom stereocenters. The molecule has 3 heterocycles. The number of rotatable bonds is 4. The third-order valence-electron chi connectivity index (χ3n) is 4.24. The minimum atomic E-state index is 0.541. The van der Waals surface area contributed by atoms with E-state index in [4.69, 9.17) is 0 Å². The third kappa shape index (κ3) is 3.32. The Morgan fingerprint density at radius 2 is 2.14 bits per heavy atom. The summed E-state index contributed by atoms with van der Waals surface area (Å²) in [6.07, 6.45) is 7.90. The van der Waals surface area contributed by atoms with Crippen molar-refractivity contribution in [2.24, 2.45) is 7.05 Å². The Kier molecular flexibility index (Phi) is 4.05. The second-order valence-electron chi connectivity index (χ2n) is 6.03. The number of aromatic nitrogens is 5. The van der Waals surface area contributed by atoms with Crippen molar-refractivity contribution in [1.29, 1.82) is 0 Å². The summed E-state index contributed by atoms with van der Waals surface area (Å²) < 4.78 is 3.93. The Labute approximate surface area is 125 Å². The highest BCUT2D eigenvalue weighted by molar-refractivity contribution is 5.04. The summed E-state index contributed by atoms with van der Waals surface area (Å²) in [6.45, 7) is 7.07. The molecule has 0 bridgehead atoms. The molecule has 0 aliphatic carbocycles. The molecule has 1 atom stereocenters. The van der Waals surface area contributed by atoms with Crippen LogP contribution in [0, 0.1) is 13.8 Å². The molecule has 6 heteroatoms. The molecule has 21 heavy (non-hydrogen) atoms. The van der Waals surface area contributed by atoms with Gasteiger partial charge in [-0.1, -0.05) is 6.42 Å². The number of hydrogen-bond acceptors (Lipinski definition) is 4. The molecule has 1 aliphatic heterocycles. The lowest BCUT2D eigenvalue weighted by Crippen LogP contribution is -2.41. The lowest BCUT2D eigenvalue weighted by atomic mass is 10.0. The lowest BCUT2D eigenvalue weighted by Gasteiger charge is -2.35. The first-order chi connectivity index (χ1) is 10.1. The monoisotopic (exact) mass is 288 g/mol. The summed E-state index contributed by atoms with van der Waals surface area (Å²) in [7, 11) is 1.97. The first kappa shape index (κ1) is 14.3. The van der Waals surface area contributed by atoms with Gasteiger partial charge in [0, 0.05) is 31.4 Å². The van der Waals surface area contributed by atoms with Crippen LogP contribution in [0.2, 0.25) is 0 Å². The largest absolute Gasteiger partial charge is 0.294 e. The Morgan fingerprint density at radius 3 is 2.81 bits per heavy atom. The van der Waals surface area contributed by atoms with Crippen molar-refractivity contribution in [3.8, 4) is 0 Å². The Balaban J connectivity index is 1.70. The van der Waals surface area contributed by atoms with E-state index in [1.165, 1.54) is 24.8 Å². The molecule has 1 fully saturated rings. The van der Waals surface area contributed by atoms with E-state index in [0.717, 1.165) is 31.3 Å². The van der Waals surface area contributed by atoms with Gasteiger partial charge in [-0.2, -0.15) is 10.2 Å². The second-order valence-corrected chi connectivity index (χ2v) is 6.03. The molecule has 0 aromatic carbocycles. The maximum atomic E-state index is 4.51. The summed E-state index contributed by atoms with van der Waals surface area (Å²) in [5.74, 6) is 1.88. The highest BCUT2D eigenvalue weighted by Crippen LogP contribution is 2.21. The third-order valence-corrected chi connectivity index (χ3v) is 4.24. The van der Waals surface area contributed by atoms with Gasteiger partial charge in [0.15, 0.2) is 0 Å². The van der Waals surface area contributed by atoms with Gasteiger partial charge in [-0.25, -0.2) is 9.67 Å². The van der Waals surface area contributed by atoms with Crippen molar-refractivity contribution in [2.75, 3.05) is 6.54 Å². The molecule has 0 spiro atoms. The van der Waals surface area contributed by atoms with Crippen LogP contribution in [0.25, 0.3) is 0 Å². The first-order valence-electron chi connectivity index (χ1n) is 7.71. The molecule has 0 radical (unpaired) electrons. The van der Waals surface area contributed by atoms with Crippen molar-refractivity contribution in [1.82, 2.24) is 29.4 Å². The van der Waals surface area contributed by atoms with Crippen molar-refractivity contribution in [3.05, 3.63) is 29.6 Å². The van der Waals surface area contributed by atoms with Crippen LogP contribution in [0.5, 0.6) is 0 Å². The van der Waals surface area contributed by atoms with Crippen molar-refractivity contribution in [2.45, 2.75) is 52.2 Å². The van der Waals surface area contributed by atoms with E-state index >= 15 is 0 Å². The molecule has 2 aromatic heterocycles. The van der Waals surface area contributed by atoms with Crippen molar-refractivity contribution >= 4 is 0 Å². The number of nitrogens with zero attached hydrogens (tertiary/aromatic N) is 6.